The van der Waals surface area contributed by atoms with E-state index < -0.39 is 0 Å². The summed E-state index contributed by atoms with van der Waals surface area (Å²) in [6, 6.07) is 18.2. The number of nitrogens with one attached hydrogen (secondary N) is 2. The molecule has 1 amide bonds. The minimum absolute atomic E-state index is 0.116. The van der Waals surface area contributed by atoms with Crippen molar-refractivity contribution in [2.75, 3.05) is 13.1 Å². The number of aromatic nitrogens is 2. The van der Waals surface area contributed by atoms with Crippen molar-refractivity contribution in [3.63, 3.8) is 0 Å². The molecule has 0 spiro atoms. The summed E-state index contributed by atoms with van der Waals surface area (Å²) in [5.74, 6) is 1.29. The van der Waals surface area contributed by atoms with Crippen molar-refractivity contribution in [2.45, 2.75) is 25.9 Å². The van der Waals surface area contributed by atoms with Gasteiger partial charge in [-0.05, 0) is 43.6 Å². The Kier molecular flexibility index (Phi) is 4.97. The highest BCUT2D eigenvalue weighted by atomic mass is 16.1. The summed E-state index contributed by atoms with van der Waals surface area (Å²) in [7, 11) is 0. The zero-order valence-corrected chi connectivity index (χ0v) is 14.8. The first-order chi connectivity index (χ1) is 12.8. The van der Waals surface area contributed by atoms with Crippen LogP contribution in [-0.4, -0.2) is 33.9 Å². The van der Waals surface area contributed by atoms with Crippen LogP contribution < -0.4 is 5.32 Å². The molecule has 3 aromatic rings. The number of benzene rings is 2. The molecular weight excluding hydrogens is 324 g/mol. The van der Waals surface area contributed by atoms with Gasteiger partial charge < -0.3 is 10.3 Å². The Morgan fingerprint density at radius 3 is 2.58 bits per heavy atom. The lowest BCUT2D eigenvalue weighted by molar-refractivity contribution is -0.126. The van der Waals surface area contributed by atoms with Crippen LogP contribution in [0.25, 0.3) is 11.0 Å². The van der Waals surface area contributed by atoms with Crippen LogP contribution in [0.5, 0.6) is 0 Å². The number of hydrogen-bond donors (Lipinski definition) is 2. The van der Waals surface area contributed by atoms with Crippen molar-refractivity contribution in [1.82, 2.24) is 20.2 Å². The summed E-state index contributed by atoms with van der Waals surface area (Å²) in [6.07, 6.45) is 1.81. The monoisotopic (exact) mass is 348 g/mol. The van der Waals surface area contributed by atoms with Crippen LogP contribution in [0.15, 0.2) is 54.6 Å². The molecule has 1 fully saturated rings. The third kappa shape index (κ3) is 3.94. The largest absolute Gasteiger partial charge is 0.352 e. The van der Waals surface area contributed by atoms with E-state index in [2.05, 4.69) is 26.3 Å². The summed E-state index contributed by atoms with van der Waals surface area (Å²) in [5.41, 5.74) is 3.23. The average Bonchev–Trinajstić information content (AvgIpc) is 3.10. The molecule has 5 nitrogen and oxygen atoms in total. The van der Waals surface area contributed by atoms with Gasteiger partial charge in [-0.25, -0.2) is 4.98 Å². The predicted molar refractivity (Wildman–Crippen MR) is 102 cm³/mol. The molecule has 0 aliphatic carbocycles. The highest BCUT2D eigenvalue weighted by molar-refractivity contribution is 5.78. The minimum atomic E-state index is 0.116. The van der Waals surface area contributed by atoms with Crippen molar-refractivity contribution in [2.24, 2.45) is 5.92 Å². The lowest BCUT2D eigenvalue weighted by atomic mass is 9.96. The van der Waals surface area contributed by atoms with Gasteiger partial charge in [-0.2, -0.15) is 0 Å². The van der Waals surface area contributed by atoms with Gasteiger partial charge in [-0.15, -0.1) is 0 Å². The van der Waals surface area contributed by atoms with E-state index in [9.17, 15) is 4.79 Å². The fourth-order valence-electron chi connectivity index (χ4n) is 3.57. The molecule has 2 aromatic carbocycles. The van der Waals surface area contributed by atoms with Crippen LogP contribution in [0, 0.1) is 5.92 Å². The number of nitrogens with zero attached hydrogens (tertiary/aromatic N) is 2. The fraction of sp³-hybridized carbons (Fsp3) is 0.333. The topological polar surface area (TPSA) is 61.0 Å². The molecule has 0 radical (unpaired) electrons. The number of aromatic amines is 1. The quantitative estimate of drug-likeness (QED) is 0.745. The number of amides is 1. The molecule has 0 bridgehead atoms. The molecular formula is C21H24N4O. The SMILES string of the molecule is O=C(NCc1ccccc1)C1CCN(Cc2nc3ccccc3[nH]2)CC1. The van der Waals surface area contributed by atoms with Gasteiger partial charge in [-0.3, -0.25) is 9.69 Å². The van der Waals surface area contributed by atoms with E-state index in [1.807, 2.05) is 48.5 Å². The normalized spacial score (nSPS) is 16.0. The number of piperidine rings is 1. The molecule has 0 saturated carbocycles. The first-order valence-electron chi connectivity index (χ1n) is 9.25. The molecule has 4 rings (SSSR count). The molecule has 0 atom stereocenters. The molecule has 1 aliphatic rings. The van der Waals surface area contributed by atoms with Crippen LogP contribution in [0.4, 0.5) is 0 Å². The molecule has 5 heteroatoms. The van der Waals surface area contributed by atoms with Gasteiger partial charge >= 0.3 is 0 Å². The van der Waals surface area contributed by atoms with E-state index in [0.717, 1.165) is 54.9 Å². The Balaban J connectivity index is 1.26. The molecule has 0 unspecified atom stereocenters. The third-order valence-electron chi connectivity index (χ3n) is 5.08. The highest BCUT2D eigenvalue weighted by Crippen LogP contribution is 2.20. The fourth-order valence-corrected chi connectivity index (χ4v) is 3.57. The molecule has 1 aliphatic heterocycles. The Morgan fingerprint density at radius 1 is 1.08 bits per heavy atom. The summed E-state index contributed by atoms with van der Waals surface area (Å²) in [6.45, 7) is 3.28. The number of carbonyl (C=O) groups excluding carboxylic acids is 1. The number of likely N-dealkylation sites (tertiary alicyclic amines) is 1. The summed E-state index contributed by atoms with van der Waals surface area (Å²) >= 11 is 0. The van der Waals surface area contributed by atoms with Crippen molar-refractivity contribution in [1.29, 1.82) is 0 Å². The van der Waals surface area contributed by atoms with Gasteiger partial charge in [0, 0.05) is 12.5 Å². The van der Waals surface area contributed by atoms with Crippen molar-refractivity contribution in [3.05, 3.63) is 66.0 Å². The van der Waals surface area contributed by atoms with Crippen molar-refractivity contribution < 1.29 is 4.79 Å². The van der Waals surface area contributed by atoms with E-state index in [-0.39, 0.29) is 11.8 Å². The second-order valence-electron chi connectivity index (χ2n) is 6.95. The van der Waals surface area contributed by atoms with Crippen molar-refractivity contribution in [3.8, 4) is 0 Å². The van der Waals surface area contributed by atoms with Crippen LogP contribution >= 0.6 is 0 Å². The lowest BCUT2D eigenvalue weighted by Gasteiger charge is -2.30. The first kappa shape index (κ1) is 16.8. The number of hydrogen-bond acceptors (Lipinski definition) is 3. The Labute approximate surface area is 153 Å². The molecule has 26 heavy (non-hydrogen) atoms. The number of carbonyl (C=O) groups is 1. The molecule has 2 heterocycles. The first-order valence-corrected chi connectivity index (χ1v) is 9.25. The number of fused-ring (bicyclic) bond motifs is 1. The third-order valence-corrected chi connectivity index (χ3v) is 5.08. The van der Waals surface area contributed by atoms with Crippen LogP contribution in [0.2, 0.25) is 0 Å². The minimum Gasteiger partial charge on any atom is -0.352 e. The van der Waals surface area contributed by atoms with Gasteiger partial charge in [0.2, 0.25) is 5.91 Å². The standard InChI is InChI=1S/C21H24N4O/c26-21(22-14-16-6-2-1-3-7-16)17-10-12-25(13-11-17)15-20-23-18-8-4-5-9-19(18)24-20/h1-9,17H,10-15H2,(H,22,26)(H,23,24). The Hall–Kier alpha value is -2.66. The highest BCUT2D eigenvalue weighted by Gasteiger charge is 2.25. The predicted octanol–water partition coefficient (Wildman–Crippen LogP) is 3.09. The summed E-state index contributed by atoms with van der Waals surface area (Å²) in [5, 5.41) is 3.07. The molecule has 2 N–H and O–H groups in total. The van der Waals surface area contributed by atoms with Crippen LogP contribution in [0.1, 0.15) is 24.2 Å². The lowest BCUT2D eigenvalue weighted by Crippen LogP contribution is -2.40. The van der Waals surface area contributed by atoms with Gasteiger partial charge in [-0.1, -0.05) is 42.5 Å². The average molecular weight is 348 g/mol. The van der Waals surface area contributed by atoms with E-state index in [0.29, 0.717) is 6.54 Å². The van der Waals surface area contributed by atoms with E-state index in [1.165, 1.54) is 0 Å². The number of imidazole rings is 1. The zero-order chi connectivity index (χ0) is 17.8. The summed E-state index contributed by atoms with van der Waals surface area (Å²) < 4.78 is 0. The zero-order valence-electron chi connectivity index (χ0n) is 14.8. The van der Waals surface area contributed by atoms with E-state index in [1.54, 1.807) is 0 Å². The number of H-pyrrole nitrogens is 1. The van der Waals surface area contributed by atoms with Crippen LogP contribution in [0.3, 0.4) is 0 Å². The Bertz CT molecular complexity index is 833. The van der Waals surface area contributed by atoms with Gasteiger partial charge in [0.25, 0.3) is 0 Å². The van der Waals surface area contributed by atoms with E-state index in [4.69, 9.17) is 0 Å². The number of rotatable bonds is 5. The maximum Gasteiger partial charge on any atom is 0.223 e. The Morgan fingerprint density at radius 2 is 1.81 bits per heavy atom. The molecule has 1 saturated heterocycles. The van der Waals surface area contributed by atoms with Crippen molar-refractivity contribution >= 4 is 16.9 Å². The molecule has 134 valence electrons. The van der Waals surface area contributed by atoms with Gasteiger partial charge in [0.15, 0.2) is 0 Å². The molecule has 1 aromatic heterocycles. The van der Waals surface area contributed by atoms with Gasteiger partial charge in [0.05, 0.1) is 17.6 Å². The smallest absolute Gasteiger partial charge is 0.223 e. The van der Waals surface area contributed by atoms with Crippen LogP contribution in [-0.2, 0) is 17.9 Å². The second-order valence-corrected chi connectivity index (χ2v) is 6.95. The maximum absolute atomic E-state index is 12.4. The summed E-state index contributed by atoms with van der Waals surface area (Å²) in [4.78, 5) is 22.8. The van der Waals surface area contributed by atoms with E-state index >= 15 is 0 Å². The van der Waals surface area contributed by atoms with Gasteiger partial charge in [0.1, 0.15) is 5.82 Å². The maximum atomic E-state index is 12.4. The number of para-hydroxylation sites is 2. The second kappa shape index (κ2) is 7.70.